The molecule has 0 bridgehead atoms. The van der Waals surface area contributed by atoms with Crippen LogP contribution < -0.4 is 0 Å². The van der Waals surface area contributed by atoms with Crippen LogP contribution in [0.25, 0.3) is 5.82 Å². The summed E-state index contributed by atoms with van der Waals surface area (Å²) in [4.78, 5) is 18.6. The Balaban J connectivity index is 1.92. The van der Waals surface area contributed by atoms with Crippen LogP contribution in [0.15, 0.2) is 48.8 Å². The highest BCUT2D eigenvalue weighted by Crippen LogP contribution is 2.29. The largest absolute Gasteiger partial charge is 0.417 e. The lowest BCUT2D eigenvalue weighted by molar-refractivity contribution is -0.137. The summed E-state index contributed by atoms with van der Waals surface area (Å²) < 4.78 is 39.9. The van der Waals surface area contributed by atoms with Crippen molar-refractivity contribution in [2.24, 2.45) is 0 Å². The van der Waals surface area contributed by atoms with Gasteiger partial charge in [0.1, 0.15) is 0 Å². The van der Waals surface area contributed by atoms with E-state index in [4.69, 9.17) is 0 Å². The maximum absolute atomic E-state index is 13.1. The molecular weight excluding hydrogens is 393 g/mol. The van der Waals surface area contributed by atoms with Crippen molar-refractivity contribution in [1.82, 2.24) is 19.7 Å². The topological polar surface area (TPSA) is 51.0 Å². The van der Waals surface area contributed by atoms with E-state index >= 15 is 0 Å². The fourth-order valence-electron chi connectivity index (χ4n) is 3.26. The Morgan fingerprint density at radius 2 is 1.83 bits per heavy atom. The number of pyridine rings is 1. The van der Waals surface area contributed by atoms with Crippen LogP contribution in [0.3, 0.4) is 0 Å². The maximum atomic E-state index is 13.1. The van der Waals surface area contributed by atoms with Gasteiger partial charge in [-0.25, -0.2) is 9.67 Å². The van der Waals surface area contributed by atoms with Crippen LogP contribution in [-0.2, 0) is 12.7 Å². The molecule has 0 unspecified atom stereocenters. The third-order valence-electron chi connectivity index (χ3n) is 4.89. The molecule has 3 aromatic rings. The number of benzene rings is 1. The molecule has 0 spiro atoms. The van der Waals surface area contributed by atoms with Crippen LogP contribution in [0.5, 0.6) is 0 Å². The van der Waals surface area contributed by atoms with E-state index in [1.807, 2.05) is 45.0 Å². The van der Waals surface area contributed by atoms with Gasteiger partial charge in [-0.1, -0.05) is 38.1 Å². The zero-order valence-electron chi connectivity index (χ0n) is 17.2. The van der Waals surface area contributed by atoms with Gasteiger partial charge in [-0.15, -0.1) is 0 Å². The van der Waals surface area contributed by atoms with Crippen molar-refractivity contribution in [3.8, 4) is 5.82 Å². The minimum atomic E-state index is -4.46. The molecule has 8 heteroatoms. The average Bonchev–Trinajstić information content (AvgIpc) is 3.14. The Hall–Kier alpha value is -3.16. The van der Waals surface area contributed by atoms with Crippen LogP contribution in [-0.4, -0.2) is 32.6 Å². The Bertz CT molecular complexity index is 1040. The summed E-state index contributed by atoms with van der Waals surface area (Å²) in [7, 11) is 1.71. The molecule has 0 aliphatic rings. The van der Waals surface area contributed by atoms with Crippen LogP contribution >= 0.6 is 0 Å². The van der Waals surface area contributed by atoms with E-state index in [1.165, 1.54) is 16.9 Å². The highest BCUT2D eigenvalue weighted by atomic mass is 19.4. The van der Waals surface area contributed by atoms with Gasteiger partial charge >= 0.3 is 6.18 Å². The van der Waals surface area contributed by atoms with Crippen LogP contribution in [0.4, 0.5) is 13.2 Å². The zero-order chi connectivity index (χ0) is 22.1. The Morgan fingerprint density at radius 3 is 2.40 bits per heavy atom. The number of carbonyl (C=O) groups excluding carboxylic acids is 1. The lowest BCUT2D eigenvalue weighted by Gasteiger charge is -2.20. The van der Waals surface area contributed by atoms with Crippen LogP contribution in [0.2, 0.25) is 0 Å². The molecule has 0 saturated heterocycles. The predicted molar refractivity (Wildman–Crippen MR) is 107 cm³/mol. The van der Waals surface area contributed by atoms with Gasteiger partial charge in [0.05, 0.1) is 23.0 Å². The molecule has 0 radical (unpaired) electrons. The first-order valence-electron chi connectivity index (χ1n) is 9.51. The second kappa shape index (κ2) is 8.30. The molecule has 1 amide bonds. The summed E-state index contributed by atoms with van der Waals surface area (Å²) >= 11 is 0. The molecule has 2 heterocycles. The van der Waals surface area contributed by atoms with Gasteiger partial charge < -0.3 is 4.90 Å². The number of hydrogen-bond donors (Lipinski definition) is 0. The highest BCUT2D eigenvalue weighted by Gasteiger charge is 2.31. The number of hydrogen-bond acceptors (Lipinski definition) is 3. The van der Waals surface area contributed by atoms with Crippen molar-refractivity contribution in [2.75, 3.05) is 7.05 Å². The molecule has 30 heavy (non-hydrogen) atoms. The molecule has 0 aliphatic heterocycles. The van der Waals surface area contributed by atoms with Gasteiger partial charge in [-0.05, 0) is 36.1 Å². The fraction of sp³-hybridized carbons (Fsp3) is 0.318. The Kier molecular flexibility index (Phi) is 5.96. The van der Waals surface area contributed by atoms with Crippen molar-refractivity contribution < 1.29 is 18.0 Å². The number of amides is 1. The van der Waals surface area contributed by atoms with Crippen molar-refractivity contribution in [2.45, 2.75) is 39.4 Å². The summed E-state index contributed by atoms with van der Waals surface area (Å²) in [6.45, 7) is 6.22. The highest BCUT2D eigenvalue weighted by molar-refractivity contribution is 5.95. The number of aromatic nitrogens is 3. The second-order valence-electron chi connectivity index (χ2n) is 7.50. The standard InChI is InChI=1S/C22H23F3N4O/c1-14(2)20-18(21(30)28(4)13-16-8-6-5-7-15(16)3)12-27-29(20)19-10-9-17(11-26-19)22(23,24)25/h5-12,14H,13H2,1-4H3. The molecule has 0 N–H and O–H groups in total. The van der Waals surface area contributed by atoms with Gasteiger partial charge in [-0.3, -0.25) is 4.79 Å². The van der Waals surface area contributed by atoms with Gasteiger partial charge in [0.25, 0.3) is 5.91 Å². The Morgan fingerprint density at radius 1 is 1.13 bits per heavy atom. The molecule has 2 aromatic heterocycles. The summed E-state index contributed by atoms with van der Waals surface area (Å²) in [6.07, 6.45) is -2.24. The van der Waals surface area contributed by atoms with Gasteiger partial charge in [0.2, 0.25) is 0 Å². The van der Waals surface area contributed by atoms with Crippen molar-refractivity contribution in [3.05, 3.63) is 76.7 Å². The summed E-state index contributed by atoms with van der Waals surface area (Å²) in [5.74, 6) is -0.0742. The van der Waals surface area contributed by atoms with Crippen molar-refractivity contribution >= 4 is 5.91 Å². The number of rotatable bonds is 5. The first-order chi connectivity index (χ1) is 14.1. The SMILES string of the molecule is Cc1ccccc1CN(C)C(=O)c1cnn(-c2ccc(C(F)(F)F)cn2)c1C(C)C. The smallest absolute Gasteiger partial charge is 0.337 e. The quantitative estimate of drug-likeness (QED) is 0.589. The molecule has 0 saturated carbocycles. The van der Waals surface area contributed by atoms with E-state index in [9.17, 15) is 18.0 Å². The third-order valence-corrected chi connectivity index (χ3v) is 4.89. The average molecular weight is 416 g/mol. The summed E-state index contributed by atoms with van der Waals surface area (Å²) in [5.41, 5.74) is 2.30. The molecule has 0 fully saturated rings. The van der Waals surface area contributed by atoms with E-state index < -0.39 is 11.7 Å². The second-order valence-corrected chi connectivity index (χ2v) is 7.50. The van der Waals surface area contributed by atoms with Gasteiger partial charge in [-0.2, -0.15) is 18.3 Å². The monoisotopic (exact) mass is 416 g/mol. The predicted octanol–water partition coefficient (Wildman–Crippen LogP) is 4.99. The van der Waals surface area contributed by atoms with E-state index in [2.05, 4.69) is 10.1 Å². The first-order valence-corrected chi connectivity index (χ1v) is 9.51. The molecule has 158 valence electrons. The van der Waals surface area contributed by atoms with Gasteiger partial charge in [0.15, 0.2) is 5.82 Å². The number of carbonyl (C=O) groups is 1. The van der Waals surface area contributed by atoms with Crippen LogP contribution in [0, 0.1) is 6.92 Å². The van der Waals surface area contributed by atoms with Crippen molar-refractivity contribution in [1.29, 1.82) is 0 Å². The summed E-state index contributed by atoms with van der Waals surface area (Å²) in [5, 5.41) is 4.25. The van der Waals surface area contributed by atoms with Crippen LogP contribution in [0.1, 0.15) is 52.5 Å². The molecule has 0 aliphatic carbocycles. The van der Waals surface area contributed by atoms with Crippen molar-refractivity contribution in [3.63, 3.8) is 0 Å². The minimum Gasteiger partial charge on any atom is -0.337 e. The van der Waals surface area contributed by atoms with E-state index in [0.29, 0.717) is 17.8 Å². The lowest BCUT2D eigenvalue weighted by atomic mass is 10.0. The zero-order valence-corrected chi connectivity index (χ0v) is 17.2. The fourth-order valence-corrected chi connectivity index (χ4v) is 3.26. The van der Waals surface area contributed by atoms with E-state index in [0.717, 1.165) is 23.4 Å². The Labute approximate surface area is 173 Å². The molecule has 3 rings (SSSR count). The number of halogens is 3. The molecule has 5 nitrogen and oxygen atoms in total. The summed E-state index contributed by atoms with van der Waals surface area (Å²) in [6, 6.07) is 10.0. The maximum Gasteiger partial charge on any atom is 0.417 e. The third kappa shape index (κ3) is 4.37. The number of nitrogens with zero attached hydrogens (tertiary/aromatic N) is 4. The number of aryl methyl sites for hydroxylation is 1. The lowest BCUT2D eigenvalue weighted by Crippen LogP contribution is -2.27. The molecular formula is C22H23F3N4O. The van der Waals surface area contributed by atoms with E-state index in [-0.39, 0.29) is 17.6 Å². The van der Waals surface area contributed by atoms with Gasteiger partial charge in [0, 0.05) is 19.8 Å². The molecule has 1 aromatic carbocycles. The van der Waals surface area contributed by atoms with E-state index in [1.54, 1.807) is 11.9 Å². The molecule has 0 atom stereocenters. The first kappa shape index (κ1) is 21.5. The number of alkyl halides is 3. The normalized spacial score (nSPS) is 11.7. The minimum absolute atomic E-state index is 0.0950.